The van der Waals surface area contributed by atoms with Gasteiger partial charge < -0.3 is 15.3 Å². The van der Waals surface area contributed by atoms with Crippen LogP contribution in [0.5, 0.6) is 0 Å². The zero-order valence-electron chi connectivity index (χ0n) is 10.4. The van der Waals surface area contributed by atoms with Crippen molar-refractivity contribution in [3.05, 3.63) is 0 Å². The Bertz CT molecular complexity index is 211. The molecule has 1 rings (SSSR count). The summed E-state index contributed by atoms with van der Waals surface area (Å²) in [5, 5.41) is 11.4. The fourth-order valence-corrected chi connectivity index (χ4v) is 2.22. The van der Waals surface area contributed by atoms with E-state index in [1.807, 2.05) is 0 Å². The average Bonchev–Trinajstić information content (AvgIpc) is 2.26. The molecule has 1 fully saturated rings. The van der Waals surface area contributed by atoms with E-state index in [1.54, 1.807) is 0 Å². The number of rotatable bonds is 5. The van der Waals surface area contributed by atoms with Crippen LogP contribution in [0.25, 0.3) is 0 Å². The first-order valence-electron chi connectivity index (χ1n) is 6.24. The second-order valence-electron chi connectivity index (χ2n) is 4.98. The highest BCUT2D eigenvalue weighted by Crippen LogP contribution is 2.18. The standard InChI is InChI=1S/C12H24N2O2/c1-10(2)9-14-6-3-11(4-7-14)12(16)13-5-8-15/h10-11,15H,3-9H2,1-2H3,(H,13,16). The fraction of sp³-hybridized carbons (Fsp3) is 0.917. The third kappa shape index (κ3) is 4.49. The van der Waals surface area contributed by atoms with E-state index in [0.29, 0.717) is 12.5 Å². The highest BCUT2D eigenvalue weighted by Gasteiger charge is 2.24. The molecule has 2 N–H and O–H groups in total. The molecule has 94 valence electrons. The van der Waals surface area contributed by atoms with E-state index in [4.69, 9.17) is 5.11 Å². The summed E-state index contributed by atoms with van der Waals surface area (Å²) in [6, 6.07) is 0. The van der Waals surface area contributed by atoms with Crippen LogP contribution in [0.2, 0.25) is 0 Å². The van der Waals surface area contributed by atoms with Crippen LogP contribution >= 0.6 is 0 Å². The fourth-order valence-electron chi connectivity index (χ4n) is 2.22. The van der Waals surface area contributed by atoms with Crippen molar-refractivity contribution < 1.29 is 9.90 Å². The van der Waals surface area contributed by atoms with Gasteiger partial charge in [-0.2, -0.15) is 0 Å². The normalized spacial score (nSPS) is 19.0. The van der Waals surface area contributed by atoms with Crippen molar-refractivity contribution in [2.24, 2.45) is 11.8 Å². The molecule has 1 aliphatic rings. The average molecular weight is 228 g/mol. The van der Waals surface area contributed by atoms with Gasteiger partial charge in [0.25, 0.3) is 0 Å². The number of nitrogens with one attached hydrogen (secondary N) is 1. The minimum Gasteiger partial charge on any atom is -0.395 e. The smallest absolute Gasteiger partial charge is 0.223 e. The molecule has 0 radical (unpaired) electrons. The summed E-state index contributed by atoms with van der Waals surface area (Å²) in [6.45, 7) is 8.03. The predicted octanol–water partition coefficient (Wildman–Crippen LogP) is 0.463. The van der Waals surface area contributed by atoms with E-state index in [1.165, 1.54) is 0 Å². The SMILES string of the molecule is CC(C)CN1CCC(C(=O)NCCO)CC1. The van der Waals surface area contributed by atoms with Crippen molar-refractivity contribution in [2.75, 3.05) is 32.8 Å². The molecule has 1 saturated heterocycles. The van der Waals surface area contributed by atoms with Crippen molar-refractivity contribution >= 4 is 5.91 Å². The van der Waals surface area contributed by atoms with Crippen molar-refractivity contribution in [2.45, 2.75) is 26.7 Å². The lowest BCUT2D eigenvalue weighted by Crippen LogP contribution is -2.42. The number of aliphatic hydroxyl groups excluding tert-OH is 1. The number of carbonyl (C=O) groups excluding carboxylic acids is 1. The number of aliphatic hydroxyl groups is 1. The number of hydrogen-bond acceptors (Lipinski definition) is 3. The molecular formula is C12H24N2O2. The summed E-state index contributed by atoms with van der Waals surface area (Å²) in [6.07, 6.45) is 1.90. The van der Waals surface area contributed by atoms with Crippen molar-refractivity contribution in [3.63, 3.8) is 0 Å². The zero-order valence-corrected chi connectivity index (χ0v) is 10.4. The van der Waals surface area contributed by atoms with E-state index >= 15 is 0 Å². The van der Waals surface area contributed by atoms with Crippen molar-refractivity contribution in [1.29, 1.82) is 0 Å². The van der Waals surface area contributed by atoms with Gasteiger partial charge in [-0.15, -0.1) is 0 Å². The van der Waals surface area contributed by atoms with Crippen LogP contribution in [-0.2, 0) is 4.79 Å². The molecule has 0 atom stereocenters. The first-order valence-corrected chi connectivity index (χ1v) is 6.24. The zero-order chi connectivity index (χ0) is 12.0. The van der Waals surface area contributed by atoms with Crippen molar-refractivity contribution in [1.82, 2.24) is 10.2 Å². The van der Waals surface area contributed by atoms with Gasteiger partial charge in [0.05, 0.1) is 6.61 Å². The second kappa shape index (κ2) is 6.86. The molecule has 1 amide bonds. The minimum absolute atomic E-state index is 0.0257. The van der Waals surface area contributed by atoms with Gasteiger partial charge in [0, 0.05) is 19.0 Å². The molecule has 4 heteroatoms. The predicted molar refractivity (Wildman–Crippen MR) is 64.1 cm³/mol. The summed E-state index contributed by atoms with van der Waals surface area (Å²) in [4.78, 5) is 14.1. The second-order valence-corrected chi connectivity index (χ2v) is 4.98. The van der Waals surface area contributed by atoms with Crippen LogP contribution in [0.3, 0.4) is 0 Å². The molecule has 0 bridgehead atoms. The third-order valence-electron chi connectivity index (χ3n) is 2.99. The Kier molecular flexibility index (Phi) is 5.77. The Morgan fingerprint density at radius 2 is 2.06 bits per heavy atom. The summed E-state index contributed by atoms with van der Waals surface area (Å²) in [7, 11) is 0. The number of hydrogen-bond donors (Lipinski definition) is 2. The van der Waals surface area contributed by atoms with E-state index in [-0.39, 0.29) is 18.4 Å². The Morgan fingerprint density at radius 1 is 1.44 bits per heavy atom. The number of likely N-dealkylation sites (tertiary alicyclic amines) is 1. The highest BCUT2D eigenvalue weighted by atomic mass is 16.3. The molecule has 4 nitrogen and oxygen atoms in total. The molecule has 16 heavy (non-hydrogen) atoms. The molecular weight excluding hydrogens is 204 g/mol. The molecule has 0 aliphatic carbocycles. The van der Waals surface area contributed by atoms with Gasteiger partial charge in [-0.1, -0.05) is 13.8 Å². The molecule has 0 aromatic carbocycles. The van der Waals surface area contributed by atoms with Gasteiger partial charge in [0.1, 0.15) is 0 Å². The first kappa shape index (κ1) is 13.5. The maximum Gasteiger partial charge on any atom is 0.223 e. The quantitative estimate of drug-likeness (QED) is 0.719. The van der Waals surface area contributed by atoms with E-state index in [9.17, 15) is 4.79 Å². The minimum atomic E-state index is 0.0257. The Hall–Kier alpha value is -0.610. The molecule has 0 aromatic rings. The number of amides is 1. The van der Waals surface area contributed by atoms with Gasteiger partial charge in [-0.3, -0.25) is 4.79 Å². The van der Waals surface area contributed by atoms with Crippen LogP contribution in [-0.4, -0.2) is 48.7 Å². The summed E-state index contributed by atoms with van der Waals surface area (Å²) in [5.74, 6) is 0.952. The summed E-state index contributed by atoms with van der Waals surface area (Å²) in [5.41, 5.74) is 0. The van der Waals surface area contributed by atoms with Crippen LogP contribution in [0.4, 0.5) is 0 Å². The maximum absolute atomic E-state index is 11.6. The number of carbonyl (C=O) groups is 1. The summed E-state index contributed by atoms with van der Waals surface area (Å²) >= 11 is 0. The Balaban J connectivity index is 2.23. The lowest BCUT2D eigenvalue weighted by Gasteiger charge is -2.32. The first-order chi connectivity index (χ1) is 7.63. The highest BCUT2D eigenvalue weighted by molar-refractivity contribution is 5.78. The summed E-state index contributed by atoms with van der Waals surface area (Å²) < 4.78 is 0. The van der Waals surface area contributed by atoms with Crippen LogP contribution in [0.1, 0.15) is 26.7 Å². The number of piperidine rings is 1. The van der Waals surface area contributed by atoms with Crippen molar-refractivity contribution in [3.8, 4) is 0 Å². The van der Waals surface area contributed by atoms with Gasteiger partial charge in [0.2, 0.25) is 5.91 Å². The largest absolute Gasteiger partial charge is 0.395 e. The molecule has 0 unspecified atom stereocenters. The Labute approximate surface area is 98.0 Å². The Morgan fingerprint density at radius 3 is 2.56 bits per heavy atom. The van der Waals surface area contributed by atoms with Gasteiger partial charge in [-0.25, -0.2) is 0 Å². The van der Waals surface area contributed by atoms with E-state index < -0.39 is 0 Å². The topological polar surface area (TPSA) is 52.6 Å². The molecule has 0 spiro atoms. The maximum atomic E-state index is 11.6. The van der Waals surface area contributed by atoms with Gasteiger partial charge in [0.15, 0.2) is 0 Å². The molecule has 1 heterocycles. The lowest BCUT2D eigenvalue weighted by molar-refractivity contribution is -0.126. The van der Waals surface area contributed by atoms with E-state index in [0.717, 1.165) is 32.5 Å². The van der Waals surface area contributed by atoms with E-state index in [2.05, 4.69) is 24.1 Å². The van der Waals surface area contributed by atoms with Crippen LogP contribution in [0, 0.1) is 11.8 Å². The molecule has 1 aliphatic heterocycles. The molecule has 0 aromatic heterocycles. The molecule has 0 saturated carbocycles. The van der Waals surface area contributed by atoms with Gasteiger partial charge in [-0.05, 0) is 31.8 Å². The van der Waals surface area contributed by atoms with Gasteiger partial charge >= 0.3 is 0 Å². The lowest BCUT2D eigenvalue weighted by atomic mass is 9.95. The number of nitrogens with zero attached hydrogens (tertiary/aromatic N) is 1. The monoisotopic (exact) mass is 228 g/mol. The van der Waals surface area contributed by atoms with Crippen LogP contribution < -0.4 is 5.32 Å². The van der Waals surface area contributed by atoms with Crippen LogP contribution in [0.15, 0.2) is 0 Å². The third-order valence-corrected chi connectivity index (χ3v) is 2.99.